The highest BCUT2D eigenvalue weighted by Gasteiger charge is 2.36. The molecule has 2 N–H and O–H groups in total. The summed E-state index contributed by atoms with van der Waals surface area (Å²) in [6, 6.07) is 8.48. The van der Waals surface area contributed by atoms with Gasteiger partial charge in [-0.15, -0.1) is 0 Å². The van der Waals surface area contributed by atoms with E-state index in [4.69, 9.17) is 10.5 Å². The van der Waals surface area contributed by atoms with Gasteiger partial charge in [-0.3, -0.25) is 9.69 Å². The molecule has 5 nitrogen and oxygen atoms in total. The molecule has 1 aliphatic rings. The van der Waals surface area contributed by atoms with Gasteiger partial charge >= 0.3 is 6.09 Å². The maximum atomic E-state index is 12.1. The van der Waals surface area contributed by atoms with Crippen molar-refractivity contribution in [2.24, 2.45) is 5.73 Å². The minimum atomic E-state index is -0.553. The van der Waals surface area contributed by atoms with Gasteiger partial charge in [0.1, 0.15) is 6.61 Å². The lowest BCUT2D eigenvalue weighted by atomic mass is 10.1. The van der Waals surface area contributed by atoms with Crippen LogP contribution in [-0.4, -0.2) is 35.4 Å². The summed E-state index contributed by atoms with van der Waals surface area (Å²) in [7, 11) is 0. The smallest absolute Gasteiger partial charge is 0.410 e. The standard InChI is InChI=1S/C15H20N2O3/c1-11(16)14(18)13-8-5-9-17(13)15(19)20-10-12-6-3-2-4-7-12/h2-4,6-7,11,13H,5,8-10,16H2,1H3/t11-,13-/m0/s1. The van der Waals surface area contributed by atoms with Crippen molar-refractivity contribution >= 4 is 11.9 Å². The number of Topliss-reactive ketones (excluding diaryl/α,β-unsaturated/α-hetero) is 1. The largest absolute Gasteiger partial charge is 0.445 e. The van der Waals surface area contributed by atoms with Crippen molar-refractivity contribution in [1.29, 1.82) is 0 Å². The summed E-state index contributed by atoms with van der Waals surface area (Å²) in [6.07, 6.45) is 1.04. The van der Waals surface area contributed by atoms with Crippen molar-refractivity contribution in [2.75, 3.05) is 6.54 Å². The zero-order valence-corrected chi connectivity index (χ0v) is 11.6. The van der Waals surface area contributed by atoms with Crippen LogP contribution in [0.25, 0.3) is 0 Å². The highest BCUT2D eigenvalue weighted by Crippen LogP contribution is 2.20. The number of nitrogens with two attached hydrogens (primary N) is 1. The van der Waals surface area contributed by atoms with E-state index >= 15 is 0 Å². The van der Waals surface area contributed by atoms with E-state index in [1.165, 1.54) is 4.90 Å². The lowest BCUT2D eigenvalue weighted by Crippen LogP contribution is -2.46. The monoisotopic (exact) mass is 276 g/mol. The van der Waals surface area contributed by atoms with Crippen molar-refractivity contribution in [3.63, 3.8) is 0 Å². The van der Waals surface area contributed by atoms with Gasteiger partial charge in [0.15, 0.2) is 5.78 Å². The highest BCUT2D eigenvalue weighted by atomic mass is 16.6. The average Bonchev–Trinajstić information content (AvgIpc) is 2.94. The van der Waals surface area contributed by atoms with E-state index in [9.17, 15) is 9.59 Å². The first kappa shape index (κ1) is 14.5. The van der Waals surface area contributed by atoms with Crippen LogP contribution in [0.15, 0.2) is 30.3 Å². The number of carbonyl (C=O) groups is 2. The third kappa shape index (κ3) is 3.36. The molecule has 1 saturated heterocycles. The fraction of sp³-hybridized carbons (Fsp3) is 0.467. The number of rotatable bonds is 4. The topological polar surface area (TPSA) is 72.6 Å². The van der Waals surface area contributed by atoms with Crippen LogP contribution < -0.4 is 5.73 Å². The van der Waals surface area contributed by atoms with Gasteiger partial charge in [0, 0.05) is 6.54 Å². The minimum absolute atomic E-state index is 0.0980. The molecule has 1 aromatic carbocycles. The van der Waals surface area contributed by atoms with Crippen molar-refractivity contribution in [3.8, 4) is 0 Å². The number of amides is 1. The third-order valence-electron chi connectivity index (χ3n) is 3.47. The Balaban J connectivity index is 1.93. The van der Waals surface area contributed by atoms with Crippen LogP contribution in [0, 0.1) is 0 Å². The quantitative estimate of drug-likeness (QED) is 0.908. The van der Waals surface area contributed by atoms with Gasteiger partial charge < -0.3 is 10.5 Å². The Labute approximate surface area is 118 Å². The SMILES string of the molecule is C[C@H](N)C(=O)[C@@H]1CCCN1C(=O)OCc1ccccc1. The Morgan fingerprint density at radius 2 is 2.10 bits per heavy atom. The van der Waals surface area contributed by atoms with Gasteiger partial charge in [-0.25, -0.2) is 4.79 Å². The zero-order chi connectivity index (χ0) is 14.5. The van der Waals surface area contributed by atoms with Gasteiger partial charge in [-0.1, -0.05) is 30.3 Å². The Morgan fingerprint density at radius 1 is 1.40 bits per heavy atom. The summed E-state index contributed by atoms with van der Waals surface area (Å²) in [5.74, 6) is -0.0980. The number of benzene rings is 1. The van der Waals surface area contributed by atoms with Crippen LogP contribution in [-0.2, 0) is 16.1 Å². The molecule has 1 aromatic rings. The van der Waals surface area contributed by atoms with E-state index in [1.54, 1.807) is 6.92 Å². The average molecular weight is 276 g/mol. The van der Waals surface area contributed by atoms with Crippen LogP contribution in [0.5, 0.6) is 0 Å². The van der Waals surface area contributed by atoms with Crippen molar-refractivity contribution in [2.45, 2.75) is 38.5 Å². The van der Waals surface area contributed by atoms with E-state index < -0.39 is 18.2 Å². The summed E-state index contributed by atoms with van der Waals surface area (Å²) >= 11 is 0. The molecule has 0 radical (unpaired) electrons. The second-order valence-corrected chi connectivity index (χ2v) is 5.08. The Hall–Kier alpha value is -1.88. The van der Waals surface area contributed by atoms with E-state index in [1.807, 2.05) is 30.3 Å². The molecule has 0 saturated carbocycles. The van der Waals surface area contributed by atoms with Crippen LogP contribution in [0.2, 0.25) is 0 Å². The molecule has 1 fully saturated rings. The number of hydrogen-bond donors (Lipinski definition) is 1. The number of likely N-dealkylation sites (tertiary alicyclic amines) is 1. The molecule has 5 heteroatoms. The van der Waals surface area contributed by atoms with Gasteiger partial charge in [-0.05, 0) is 25.3 Å². The second-order valence-electron chi connectivity index (χ2n) is 5.08. The van der Waals surface area contributed by atoms with Crippen molar-refractivity contribution < 1.29 is 14.3 Å². The maximum absolute atomic E-state index is 12.1. The molecule has 0 spiro atoms. The minimum Gasteiger partial charge on any atom is -0.445 e. The first-order chi connectivity index (χ1) is 9.59. The summed E-state index contributed by atoms with van der Waals surface area (Å²) in [6.45, 7) is 2.42. The third-order valence-corrected chi connectivity index (χ3v) is 3.47. The number of hydrogen-bond acceptors (Lipinski definition) is 4. The predicted molar refractivity (Wildman–Crippen MR) is 75.0 cm³/mol. The van der Waals surface area contributed by atoms with E-state index in [2.05, 4.69) is 0 Å². The first-order valence-corrected chi connectivity index (χ1v) is 6.86. The van der Waals surface area contributed by atoms with Crippen molar-refractivity contribution in [3.05, 3.63) is 35.9 Å². The summed E-state index contributed by atoms with van der Waals surface area (Å²) in [5, 5.41) is 0. The Kier molecular flexibility index (Phi) is 4.74. The number of ketones is 1. The van der Waals surface area contributed by atoms with E-state index in [0.29, 0.717) is 13.0 Å². The molecule has 0 bridgehead atoms. The van der Waals surface area contributed by atoms with Gasteiger partial charge in [0.25, 0.3) is 0 Å². The second kappa shape index (κ2) is 6.52. The van der Waals surface area contributed by atoms with Gasteiger partial charge in [0.05, 0.1) is 12.1 Å². The molecule has 1 amide bonds. The fourth-order valence-electron chi connectivity index (χ4n) is 2.39. The fourth-order valence-corrected chi connectivity index (χ4v) is 2.39. The molecular weight excluding hydrogens is 256 g/mol. The molecule has 20 heavy (non-hydrogen) atoms. The number of ether oxygens (including phenoxy) is 1. The first-order valence-electron chi connectivity index (χ1n) is 6.86. The van der Waals surface area contributed by atoms with Crippen LogP contribution >= 0.6 is 0 Å². The van der Waals surface area contributed by atoms with E-state index in [-0.39, 0.29) is 12.4 Å². The van der Waals surface area contributed by atoms with E-state index in [0.717, 1.165) is 12.0 Å². The normalized spacial score (nSPS) is 19.7. The molecule has 1 aliphatic heterocycles. The molecule has 0 aromatic heterocycles. The molecule has 1 heterocycles. The molecule has 108 valence electrons. The molecular formula is C15H20N2O3. The predicted octanol–water partition coefficient (Wildman–Crippen LogP) is 1.70. The zero-order valence-electron chi connectivity index (χ0n) is 11.6. The lowest BCUT2D eigenvalue weighted by molar-refractivity contribution is -0.123. The van der Waals surface area contributed by atoms with Gasteiger partial charge in [0.2, 0.25) is 0 Å². The summed E-state index contributed by atoms with van der Waals surface area (Å²) < 4.78 is 5.27. The summed E-state index contributed by atoms with van der Waals surface area (Å²) in [5.41, 5.74) is 6.54. The van der Waals surface area contributed by atoms with Gasteiger partial charge in [-0.2, -0.15) is 0 Å². The maximum Gasteiger partial charge on any atom is 0.410 e. The number of nitrogens with zero attached hydrogens (tertiary/aromatic N) is 1. The Morgan fingerprint density at radius 3 is 2.75 bits per heavy atom. The number of carbonyl (C=O) groups excluding carboxylic acids is 2. The molecule has 2 atom stereocenters. The molecule has 2 rings (SSSR count). The summed E-state index contributed by atoms with van der Waals surface area (Å²) in [4.78, 5) is 25.5. The van der Waals surface area contributed by atoms with Crippen molar-refractivity contribution in [1.82, 2.24) is 4.90 Å². The highest BCUT2D eigenvalue weighted by molar-refractivity contribution is 5.91. The molecule has 0 unspecified atom stereocenters. The lowest BCUT2D eigenvalue weighted by Gasteiger charge is -2.24. The van der Waals surface area contributed by atoms with Crippen LogP contribution in [0.1, 0.15) is 25.3 Å². The van der Waals surface area contributed by atoms with Crippen LogP contribution in [0.3, 0.4) is 0 Å². The molecule has 0 aliphatic carbocycles. The Bertz CT molecular complexity index is 473. The van der Waals surface area contributed by atoms with Crippen LogP contribution in [0.4, 0.5) is 4.79 Å².